The van der Waals surface area contributed by atoms with Crippen LogP contribution in [0.15, 0.2) is 11.4 Å². The number of hydrogen-bond donors (Lipinski definition) is 2. The Morgan fingerprint density at radius 1 is 1.55 bits per heavy atom. The molecular formula is C14H19N3O2S. The number of piperidine rings is 1. The first kappa shape index (κ1) is 15.0. The molecule has 1 fully saturated rings. The topological polar surface area (TPSA) is 76.4 Å². The molecule has 0 atom stereocenters. The van der Waals surface area contributed by atoms with Gasteiger partial charge in [-0.15, -0.1) is 11.3 Å². The number of nitrogens with zero attached hydrogens (tertiary/aromatic N) is 2. The van der Waals surface area contributed by atoms with Crippen LogP contribution >= 0.6 is 11.3 Å². The van der Waals surface area contributed by atoms with Crippen molar-refractivity contribution in [2.24, 2.45) is 5.92 Å². The summed E-state index contributed by atoms with van der Waals surface area (Å²) in [7, 11) is 0. The summed E-state index contributed by atoms with van der Waals surface area (Å²) in [5, 5.41) is 23.2. The number of thiophene rings is 1. The zero-order chi connectivity index (χ0) is 14.4. The summed E-state index contributed by atoms with van der Waals surface area (Å²) in [4.78, 5) is 14.1. The van der Waals surface area contributed by atoms with Crippen LogP contribution in [0, 0.1) is 17.2 Å². The zero-order valence-electron chi connectivity index (χ0n) is 11.3. The zero-order valence-corrected chi connectivity index (χ0v) is 12.2. The molecule has 1 aliphatic heterocycles. The van der Waals surface area contributed by atoms with Crippen molar-refractivity contribution in [3.63, 3.8) is 0 Å². The Bertz CT molecular complexity index is 487. The Morgan fingerprint density at radius 2 is 2.30 bits per heavy atom. The molecule has 0 aliphatic carbocycles. The molecule has 0 radical (unpaired) electrons. The lowest BCUT2D eigenvalue weighted by atomic mass is 9.98. The molecule has 0 saturated carbocycles. The highest BCUT2D eigenvalue weighted by atomic mass is 32.1. The molecule has 5 nitrogen and oxygen atoms in total. The van der Waals surface area contributed by atoms with Crippen LogP contribution in [0.1, 0.15) is 24.8 Å². The van der Waals surface area contributed by atoms with Crippen LogP contribution in [-0.4, -0.2) is 42.2 Å². The van der Waals surface area contributed by atoms with E-state index >= 15 is 0 Å². The lowest BCUT2D eigenvalue weighted by Crippen LogP contribution is -2.36. The number of amides is 1. The summed E-state index contributed by atoms with van der Waals surface area (Å²) in [6.07, 6.45) is 2.44. The highest BCUT2D eigenvalue weighted by Crippen LogP contribution is 2.22. The van der Waals surface area contributed by atoms with Crippen LogP contribution in [0.3, 0.4) is 0 Å². The second-order valence-corrected chi connectivity index (χ2v) is 5.96. The molecule has 1 amide bonds. The number of nitrogens with one attached hydrogen (secondary N) is 1. The van der Waals surface area contributed by atoms with Crippen molar-refractivity contribution in [2.75, 3.05) is 31.6 Å². The molecule has 2 rings (SSSR count). The van der Waals surface area contributed by atoms with E-state index in [9.17, 15) is 4.79 Å². The van der Waals surface area contributed by atoms with Gasteiger partial charge in [-0.3, -0.25) is 4.79 Å². The van der Waals surface area contributed by atoms with Crippen molar-refractivity contribution in [3.05, 3.63) is 17.0 Å². The van der Waals surface area contributed by atoms with Crippen LogP contribution in [0.4, 0.5) is 5.00 Å². The molecule has 1 aromatic rings. The summed E-state index contributed by atoms with van der Waals surface area (Å²) < 4.78 is 0. The Labute approximate surface area is 122 Å². The van der Waals surface area contributed by atoms with Crippen LogP contribution in [-0.2, 0) is 4.79 Å². The normalized spacial score (nSPS) is 16.8. The molecule has 0 unspecified atom stereocenters. The number of carbonyl (C=O) groups excluding carboxylic acids is 1. The SMILES string of the molecule is N#Cc1ccsc1NC(=O)CCN1CCC(CO)CC1. The minimum Gasteiger partial charge on any atom is -0.396 e. The number of aliphatic hydroxyl groups is 1. The molecule has 108 valence electrons. The smallest absolute Gasteiger partial charge is 0.226 e. The molecule has 1 aliphatic rings. The van der Waals surface area contributed by atoms with Gasteiger partial charge in [0.2, 0.25) is 5.91 Å². The fraction of sp³-hybridized carbons (Fsp3) is 0.571. The number of anilines is 1. The monoisotopic (exact) mass is 293 g/mol. The number of hydrogen-bond acceptors (Lipinski definition) is 5. The van der Waals surface area contributed by atoms with Gasteiger partial charge in [-0.25, -0.2) is 0 Å². The standard InChI is InChI=1S/C14H19N3O2S/c15-9-12-4-8-20-14(12)16-13(19)3-7-17-5-1-11(10-18)2-6-17/h4,8,11,18H,1-3,5-7,10H2,(H,16,19). The largest absolute Gasteiger partial charge is 0.396 e. The summed E-state index contributed by atoms with van der Waals surface area (Å²) in [6, 6.07) is 3.77. The van der Waals surface area contributed by atoms with E-state index in [0.29, 0.717) is 22.9 Å². The predicted octanol–water partition coefficient (Wildman–Crippen LogP) is 1.65. The van der Waals surface area contributed by atoms with Crippen molar-refractivity contribution in [1.29, 1.82) is 5.26 Å². The summed E-state index contributed by atoms with van der Waals surface area (Å²) >= 11 is 1.37. The first-order valence-electron chi connectivity index (χ1n) is 6.83. The minimum absolute atomic E-state index is 0.0479. The van der Waals surface area contributed by atoms with Crippen LogP contribution < -0.4 is 5.32 Å². The number of nitriles is 1. The lowest BCUT2D eigenvalue weighted by Gasteiger charge is -2.30. The van der Waals surface area contributed by atoms with E-state index in [4.69, 9.17) is 10.4 Å². The van der Waals surface area contributed by atoms with Crippen LogP contribution in [0.25, 0.3) is 0 Å². The molecule has 0 bridgehead atoms. The Balaban J connectivity index is 1.72. The fourth-order valence-electron chi connectivity index (χ4n) is 2.34. The van der Waals surface area contributed by atoms with Crippen LogP contribution in [0.2, 0.25) is 0 Å². The molecule has 1 aromatic heterocycles. The van der Waals surface area contributed by atoms with Gasteiger partial charge >= 0.3 is 0 Å². The molecule has 2 heterocycles. The molecule has 6 heteroatoms. The maximum atomic E-state index is 11.9. The highest BCUT2D eigenvalue weighted by molar-refractivity contribution is 7.14. The molecule has 0 spiro atoms. The van der Waals surface area contributed by atoms with Gasteiger partial charge in [-0.2, -0.15) is 5.26 Å². The van der Waals surface area contributed by atoms with Gasteiger partial charge in [0.1, 0.15) is 11.1 Å². The quantitative estimate of drug-likeness (QED) is 0.865. The number of likely N-dealkylation sites (tertiary alicyclic amines) is 1. The molecule has 0 aromatic carbocycles. The third kappa shape index (κ3) is 4.04. The van der Waals surface area contributed by atoms with Crippen molar-refractivity contribution < 1.29 is 9.90 Å². The fourth-order valence-corrected chi connectivity index (χ4v) is 3.09. The Morgan fingerprint density at radius 3 is 2.95 bits per heavy atom. The van der Waals surface area contributed by atoms with Crippen molar-refractivity contribution in [2.45, 2.75) is 19.3 Å². The minimum atomic E-state index is -0.0479. The average molecular weight is 293 g/mol. The summed E-state index contributed by atoms with van der Waals surface area (Å²) in [5.74, 6) is 0.373. The molecule has 1 saturated heterocycles. The maximum Gasteiger partial charge on any atom is 0.226 e. The first-order valence-corrected chi connectivity index (χ1v) is 7.71. The third-order valence-corrected chi connectivity index (χ3v) is 4.49. The summed E-state index contributed by atoms with van der Waals surface area (Å²) in [6.45, 7) is 2.89. The van der Waals surface area contributed by atoms with E-state index in [1.165, 1.54) is 11.3 Å². The van der Waals surface area contributed by atoms with Crippen molar-refractivity contribution >= 4 is 22.2 Å². The van der Waals surface area contributed by atoms with E-state index in [0.717, 1.165) is 32.5 Å². The molecule has 20 heavy (non-hydrogen) atoms. The highest BCUT2D eigenvalue weighted by Gasteiger charge is 2.19. The first-order chi connectivity index (χ1) is 9.72. The van der Waals surface area contributed by atoms with Gasteiger partial charge in [-0.05, 0) is 43.3 Å². The average Bonchev–Trinajstić information content (AvgIpc) is 2.92. The number of carbonyl (C=O) groups is 1. The third-order valence-electron chi connectivity index (χ3n) is 3.66. The molecule has 2 N–H and O–H groups in total. The number of rotatable bonds is 5. The second kappa shape index (κ2) is 7.39. The van der Waals surface area contributed by atoms with E-state index in [1.54, 1.807) is 11.4 Å². The maximum absolute atomic E-state index is 11.9. The Kier molecular flexibility index (Phi) is 5.53. The molecular weight excluding hydrogens is 274 g/mol. The van der Waals surface area contributed by atoms with E-state index in [2.05, 4.69) is 16.3 Å². The van der Waals surface area contributed by atoms with Gasteiger partial charge in [0, 0.05) is 19.6 Å². The van der Waals surface area contributed by atoms with E-state index in [1.807, 2.05) is 0 Å². The number of aliphatic hydroxyl groups excluding tert-OH is 1. The Hall–Kier alpha value is -1.42. The summed E-state index contributed by atoms with van der Waals surface area (Å²) in [5.41, 5.74) is 0.520. The van der Waals surface area contributed by atoms with Gasteiger partial charge in [-0.1, -0.05) is 0 Å². The van der Waals surface area contributed by atoms with Gasteiger partial charge < -0.3 is 15.3 Å². The van der Waals surface area contributed by atoms with Crippen LogP contribution in [0.5, 0.6) is 0 Å². The van der Waals surface area contributed by atoms with Crippen molar-refractivity contribution in [1.82, 2.24) is 4.90 Å². The van der Waals surface area contributed by atoms with Gasteiger partial charge in [0.05, 0.1) is 5.56 Å². The van der Waals surface area contributed by atoms with Gasteiger partial charge in [0.15, 0.2) is 0 Å². The van der Waals surface area contributed by atoms with Gasteiger partial charge in [0.25, 0.3) is 0 Å². The predicted molar refractivity (Wildman–Crippen MR) is 78.5 cm³/mol. The van der Waals surface area contributed by atoms with E-state index in [-0.39, 0.29) is 12.5 Å². The van der Waals surface area contributed by atoms with Crippen molar-refractivity contribution in [3.8, 4) is 6.07 Å². The second-order valence-electron chi connectivity index (χ2n) is 5.04. The lowest BCUT2D eigenvalue weighted by molar-refractivity contribution is -0.116. The van der Waals surface area contributed by atoms with E-state index < -0.39 is 0 Å².